The predicted molar refractivity (Wildman–Crippen MR) is 63.1 cm³/mol. The molecule has 92 valence electrons. The average Bonchev–Trinajstić information content (AvgIpc) is 2.25. The van der Waals surface area contributed by atoms with Crippen molar-refractivity contribution in [2.75, 3.05) is 7.11 Å². The lowest BCUT2D eigenvalue weighted by molar-refractivity contribution is -0.386. The van der Waals surface area contributed by atoms with Crippen LogP contribution in [0.1, 0.15) is 36.7 Å². The summed E-state index contributed by atoms with van der Waals surface area (Å²) in [4.78, 5) is 21.8. The number of rotatable bonds is 2. The highest BCUT2D eigenvalue weighted by Gasteiger charge is 2.26. The van der Waals surface area contributed by atoms with Gasteiger partial charge in [-0.25, -0.2) is 4.79 Å². The molecule has 1 aromatic rings. The molecule has 0 amide bonds. The van der Waals surface area contributed by atoms with Gasteiger partial charge in [-0.05, 0) is 17.5 Å². The molecule has 0 radical (unpaired) electrons. The lowest BCUT2D eigenvalue weighted by Crippen LogP contribution is -2.15. The highest BCUT2D eigenvalue weighted by molar-refractivity contribution is 5.90. The number of nitro groups is 1. The number of benzene rings is 1. The zero-order valence-corrected chi connectivity index (χ0v) is 10.3. The maximum absolute atomic E-state index is 11.4. The fourth-order valence-corrected chi connectivity index (χ4v) is 1.54. The first-order chi connectivity index (χ1) is 7.77. The SMILES string of the molecule is COC(=O)c1ccc([N+](=O)[O-])c(C(C)(C)C)c1. The van der Waals surface area contributed by atoms with Crippen molar-refractivity contribution in [3.8, 4) is 0 Å². The van der Waals surface area contributed by atoms with Gasteiger partial charge < -0.3 is 4.74 Å². The highest BCUT2D eigenvalue weighted by atomic mass is 16.6. The molecule has 0 N–H and O–H groups in total. The minimum atomic E-state index is -0.495. The number of carbonyl (C=O) groups is 1. The molecule has 1 aromatic carbocycles. The molecule has 17 heavy (non-hydrogen) atoms. The zero-order valence-electron chi connectivity index (χ0n) is 10.3. The first-order valence-electron chi connectivity index (χ1n) is 5.14. The number of nitro benzene ring substituents is 1. The minimum absolute atomic E-state index is 0.0187. The van der Waals surface area contributed by atoms with Crippen molar-refractivity contribution in [1.82, 2.24) is 0 Å². The molecule has 0 aromatic heterocycles. The Labute approximate surface area is 99.5 Å². The molecule has 0 saturated carbocycles. The van der Waals surface area contributed by atoms with Crippen LogP contribution in [0.4, 0.5) is 5.69 Å². The zero-order chi connectivity index (χ0) is 13.2. The molecule has 0 aliphatic carbocycles. The summed E-state index contributed by atoms with van der Waals surface area (Å²) < 4.78 is 4.60. The summed E-state index contributed by atoms with van der Waals surface area (Å²) in [6.07, 6.45) is 0. The molecule has 0 atom stereocenters. The van der Waals surface area contributed by atoms with E-state index in [0.29, 0.717) is 11.1 Å². The molecule has 5 nitrogen and oxygen atoms in total. The average molecular weight is 237 g/mol. The Kier molecular flexibility index (Phi) is 3.50. The quantitative estimate of drug-likeness (QED) is 0.450. The maximum atomic E-state index is 11.4. The van der Waals surface area contributed by atoms with E-state index in [9.17, 15) is 14.9 Å². The van der Waals surface area contributed by atoms with E-state index in [0.717, 1.165) is 0 Å². The molecular weight excluding hydrogens is 222 g/mol. The van der Waals surface area contributed by atoms with Gasteiger partial charge in [0.15, 0.2) is 0 Å². The molecule has 0 heterocycles. The first kappa shape index (κ1) is 13.2. The molecule has 0 bridgehead atoms. The van der Waals surface area contributed by atoms with Crippen LogP contribution in [0.2, 0.25) is 0 Å². The maximum Gasteiger partial charge on any atom is 0.337 e. The van der Waals surface area contributed by atoms with Crippen LogP contribution < -0.4 is 0 Å². The van der Waals surface area contributed by atoms with Crippen LogP contribution >= 0.6 is 0 Å². The van der Waals surface area contributed by atoms with Gasteiger partial charge in [0.1, 0.15) is 0 Å². The summed E-state index contributed by atoms with van der Waals surface area (Å²) in [5, 5.41) is 10.9. The number of hydrogen-bond acceptors (Lipinski definition) is 4. The molecular formula is C12H15NO4. The van der Waals surface area contributed by atoms with Crippen molar-refractivity contribution in [2.45, 2.75) is 26.2 Å². The van der Waals surface area contributed by atoms with Gasteiger partial charge in [-0.1, -0.05) is 20.8 Å². The van der Waals surface area contributed by atoms with Crippen LogP contribution in [0.15, 0.2) is 18.2 Å². The van der Waals surface area contributed by atoms with E-state index in [1.807, 2.05) is 20.8 Å². The Morgan fingerprint density at radius 1 is 1.35 bits per heavy atom. The Hall–Kier alpha value is -1.91. The second-order valence-corrected chi connectivity index (χ2v) is 4.73. The summed E-state index contributed by atoms with van der Waals surface area (Å²) in [7, 11) is 1.28. The third kappa shape index (κ3) is 2.81. The molecule has 1 rings (SSSR count). The molecule has 0 aliphatic rings. The smallest absolute Gasteiger partial charge is 0.337 e. The summed E-state index contributed by atoms with van der Waals surface area (Å²) in [5.74, 6) is -0.495. The lowest BCUT2D eigenvalue weighted by Gasteiger charge is -2.19. The van der Waals surface area contributed by atoms with Crippen LogP contribution in [-0.4, -0.2) is 18.0 Å². The van der Waals surface area contributed by atoms with Gasteiger partial charge in [-0.3, -0.25) is 10.1 Å². The van der Waals surface area contributed by atoms with Crippen molar-refractivity contribution >= 4 is 11.7 Å². The molecule has 0 saturated heterocycles. The Morgan fingerprint density at radius 3 is 2.35 bits per heavy atom. The standard InChI is InChI=1S/C12H15NO4/c1-12(2,3)9-7-8(11(14)17-4)5-6-10(9)13(15)16/h5-7H,1-4H3. The van der Waals surface area contributed by atoms with Crippen LogP contribution in [0, 0.1) is 10.1 Å². The predicted octanol–water partition coefficient (Wildman–Crippen LogP) is 2.68. The van der Waals surface area contributed by atoms with E-state index >= 15 is 0 Å². The number of esters is 1. The summed E-state index contributed by atoms with van der Waals surface area (Å²) in [6, 6.07) is 4.26. The Balaban J connectivity index is 3.40. The largest absolute Gasteiger partial charge is 0.465 e. The van der Waals surface area contributed by atoms with Gasteiger partial charge in [0.25, 0.3) is 5.69 Å². The topological polar surface area (TPSA) is 69.4 Å². The second-order valence-electron chi connectivity index (χ2n) is 4.73. The molecule has 5 heteroatoms. The third-order valence-corrected chi connectivity index (χ3v) is 2.42. The van der Waals surface area contributed by atoms with Crippen molar-refractivity contribution in [1.29, 1.82) is 0 Å². The normalized spacial score (nSPS) is 11.1. The van der Waals surface area contributed by atoms with Gasteiger partial charge in [0.2, 0.25) is 0 Å². The fraction of sp³-hybridized carbons (Fsp3) is 0.417. The van der Waals surface area contributed by atoms with Gasteiger partial charge in [-0.15, -0.1) is 0 Å². The van der Waals surface area contributed by atoms with Gasteiger partial charge in [0.05, 0.1) is 17.6 Å². The number of methoxy groups -OCH3 is 1. The summed E-state index contributed by atoms with van der Waals surface area (Å²) in [6.45, 7) is 5.57. The summed E-state index contributed by atoms with van der Waals surface area (Å²) >= 11 is 0. The van der Waals surface area contributed by atoms with E-state index in [2.05, 4.69) is 4.74 Å². The van der Waals surface area contributed by atoms with Crippen LogP contribution in [0.25, 0.3) is 0 Å². The Bertz CT molecular complexity index is 460. The lowest BCUT2D eigenvalue weighted by atomic mass is 9.85. The number of ether oxygens (including phenoxy) is 1. The first-order valence-corrected chi connectivity index (χ1v) is 5.14. The minimum Gasteiger partial charge on any atom is -0.465 e. The molecule has 0 fully saturated rings. The summed E-state index contributed by atoms with van der Waals surface area (Å²) in [5.41, 5.74) is 0.450. The van der Waals surface area contributed by atoms with Gasteiger partial charge in [-0.2, -0.15) is 0 Å². The van der Waals surface area contributed by atoms with Crippen molar-refractivity contribution in [3.63, 3.8) is 0 Å². The van der Waals surface area contributed by atoms with E-state index in [1.54, 1.807) is 0 Å². The fourth-order valence-electron chi connectivity index (χ4n) is 1.54. The van der Waals surface area contributed by atoms with Crippen LogP contribution in [0.3, 0.4) is 0 Å². The number of nitrogens with zero attached hydrogens (tertiary/aromatic N) is 1. The van der Waals surface area contributed by atoms with E-state index in [-0.39, 0.29) is 5.69 Å². The van der Waals surface area contributed by atoms with Gasteiger partial charge in [0, 0.05) is 11.6 Å². The number of hydrogen-bond donors (Lipinski definition) is 0. The third-order valence-electron chi connectivity index (χ3n) is 2.42. The molecule has 0 aliphatic heterocycles. The van der Waals surface area contributed by atoms with Crippen molar-refractivity contribution < 1.29 is 14.5 Å². The Morgan fingerprint density at radius 2 is 1.94 bits per heavy atom. The highest BCUT2D eigenvalue weighted by Crippen LogP contribution is 2.31. The van der Waals surface area contributed by atoms with Crippen molar-refractivity contribution in [3.05, 3.63) is 39.4 Å². The van der Waals surface area contributed by atoms with Crippen molar-refractivity contribution in [2.24, 2.45) is 0 Å². The number of carbonyl (C=O) groups excluding carboxylic acids is 1. The monoisotopic (exact) mass is 237 g/mol. The van der Waals surface area contributed by atoms with Crippen LogP contribution in [0.5, 0.6) is 0 Å². The van der Waals surface area contributed by atoms with E-state index in [1.165, 1.54) is 25.3 Å². The molecule has 0 unspecified atom stereocenters. The van der Waals surface area contributed by atoms with Gasteiger partial charge >= 0.3 is 5.97 Å². The van der Waals surface area contributed by atoms with Crippen LogP contribution in [-0.2, 0) is 10.2 Å². The second kappa shape index (κ2) is 4.53. The van der Waals surface area contributed by atoms with E-state index in [4.69, 9.17) is 0 Å². The van der Waals surface area contributed by atoms with E-state index < -0.39 is 16.3 Å². The molecule has 0 spiro atoms.